The first-order chi connectivity index (χ1) is 22.7. The number of aromatic nitrogens is 2. The Labute approximate surface area is 279 Å². The van der Waals surface area contributed by atoms with Gasteiger partial charge in [0.2, 0.25) is 5.91 Å². The van der Waals surface area contributed by atoms with E-state index in [1.807, 2.05) is 21.8 Å². The Morgan fingerprint density at radius 3 is 2.45 bits per heavy atom. The van der Waals surface area contributed by atoms with Gasteiger partial charge in [-0.3, -0.25) is 13.9 Å². The highest BCUT2D eigenvalue weighted by Crippen LogP contribution is 2.39. The smallest absolute Gasteiger partial charge is 0.407 e. The number of anilines is 1. The molecular formula is C38H51FN4O4. The van der Waals surface area contributed by atoms with Crippen LogP contribution < -0.4 is 15.0 Å². The molecule has 2 fully saturated rings. The van der Waals surface area contributed by atoms with Gasteiger partial charge < -0.3 is 19.7 Å². The molecule has 0 radical (unpaired) electrons. The van der Waals surface area contributed by atoms with Gasteiger partial charge in [0.25, 0.3) is 0 Å². The van der Waals surface area contributed by atoms with E-state index in [1.165, 1.54) is 11.1 Å². The molecule has 47 heavy (non-hydrogen) atoms. The summed E-state index contributed by atoms with van der Waals surface area (Å²) in [6.07, 6.45) is 10.4. The number of benzene rings is 2. The SMILES string of the molecule is COc1ccc([C@H]2CC[C@H](CN(c3cccc(-c4cnn(C(C)C)c4)c3)C(=O)[C@H]3CC[C@H](OC(=O)NCCCF)CC3)CC2)cc1C. The zero-order chi connectivity index (χ0) is 33.3. The summed E-state index contributed by atoms with van der Waals surface area (Å²) in [5, 5.41) is 7.15. The van der Waals surface area contributed by atoms with Gasteiger partial charge in [-0.15, -0.1) is 0 Å². The third kappa shape index (κ3) is 8.93. The second-order valence-electron chi connectivity index (χ2n) is 13.6. The molecule has 8 nitrogen and oxygen atoms in total. The van der Waals surface area contributed by atoms with Gasteiger partial charge in [0, 0.05) is 42.5 Å². The standard InChI is InChI=1S/C38H51FN4O4/c1-26(2)43-25-33(23-41-43)31-7-5-8-34(22-31)42(37(44)30-13-16-35(17-14-30)47-38(45)40-20-6-19-39)24-28-9-11-29(12-10-28)32-15-18-36(46-4)27(3)21-32/h5,7-8,15,18,21-23,25-26,28-30,35H,6,9-14,16-17,19-20,24H2,1-4H3,(H,40,45)/t28-,29-,30-,35-. The van der Waals surface area contributed by atoms with E-state index in [2.05, 4.69) is 73.8 Å². The van der Waals surface area contributed by atoms with Crippen molar-refractivity contribution in [2.45, 2.75) is 96.6 Å². The van der Waals surface area contributed by atoms with Crippen molar-refractivity contribution in [3.63, 3.8) is 0 Å². The largest absolute Gasteiger partial charge is 0.496 e. The first-order valence-corrected chi connectivity index (χ1v) is 17.4. The fourth-order valence-corrected chi connectivity index (χ4v) is 7.14. The van der Waals surface area contributed by atoms with E-state index >= 15 is 0 Å². The number of amides is 2. The van der Waals surface area contributed by atoms with Crippen LogP contribution in [0.1, 0.15) is 94.7 Å². The van der Waals surface area contributed by atoms with Crippen molar-refractivity contribution in [2.75, 3.05) is 31.8 Å². The zero-order valence-corrected chi connectivity index (χ0v) is 28.4. The molecule has 0 atom stereocenters. The van der Waals surface area contributed by atoms with Crippen molar-refractivity contribution < 1.29 is 23.5 Å². The Morgan fingerprint density at radius 1 is 1.02 bits per heavy atom. The van der Waals surface area contributed by atoms with Crippen LogP contribution in [0.25, 0.3) is 11.1 Å². The molecule has 0 bridgehead atoms. The Morgan fingerprint density at radius 2 is 1.79 bits per heavy atom. The highest BCUT2D eigenvalue weighted by atomic mass is 19.1. The molecule has 0 unspecified atom stereocenters. The average molecular weight is 647 g/mol. The summed E-state index contributed by atoms with van der Waals surface area (Å²) in [6, 6.07) is 15.1. The van der Waals surface area contributed by atoms with E-state index in [0.29, 0.717) is 44.1 Å². The molecule has 0 aliphatic heterocycles. The summed E-state index contributed by atoms with van der Waals surface area (Å²) in [4.78, 5) is 28.5. The van der Waals surface area contributed by atoms with Crippen LogP contribution in [0, 0.1) is 18.8 Å². The topological polar surface area (TPSA) is 85.7 Å². The lowest BCUT2D eigenvalue weighted by Crippen LogP contribution is -2.42. The van der Waals surface area contributed by atoms with Crippen molar-refractivity contribution in [1.29, 1.82) is 0 Å². The number of ether oxygens (including phenoxy) is 2. The van der Waals surface area contributed by atoms with Crippen LogP contribution in [0.3, 0.4) is 0 Å². The molecule has 1 N–H and O–H groups in total. The van der Waals surface area contributed by atoms with Gasteiger partial charge in [-0.1, -0.05) is 24.3 Å². The van der Waals surface area contributed by atoms with Crippen molar-refractivity contribution in [3.05, 3.63) is 66.0 Å². The number of halogens is 1. The van der Waals surface area contributed by atoms with Gasteiger partial charge >= 0.3 is 6.09 Å². The van der Waals surface area contributed by atoms with Gasteiger partial charge in [0.1, 0.15) is 11.9 Å². The minimum absolute atomic E-state index is 0.129. The first kappa shape index (κ1) is 34.5. The highest BCUT2D eigenvalue weighted by molar-refractivity contribution is 5.95. The number of methoxy groups -OCH3 is 1. The number of nitrogens with one attached hydrogen (secondary N) is 1. The second kappa shape index (κ2) is 16.3. The number of aryl methyl sites for hydroxylation is 1. The highest BCUT2D eigenvalue weighted by Gasteiger charge is 2.34. The van der Waals surface area contributed by atoms with Crippen LogP contribution >= 0.6 is 0 Å². The van der Waals surface area contributed by atoms with Gasteiger partial charge in [-0.2, -0.15) is 5.10 Å². The lowest BCUT2D eigenvalue weighted by molar-refractivity contribution is -0.124. The molecule has 9 heteroatoms. The summed E-state index contributed by atoms with van der Waals surface area (Å²) < 4.78 is 25.4. The van der Waals surface area contributed by atoms with Crippen LogP contribution in [-0.2, 0) is 9.53 Å². The summed E-state index contributed by atoms with van der Waals surface area (Å²) in [5.74, 6) is 1.88. The minimum atomic E-state index is -0.507. The van der Waals surface area contributed by atoms with Crippen molar-refractivity contribution in [3.8, 4) is 16.9 Å². The maximum atomic E-state index is 14.3. The molecular weight excluding hydrogens is 595 g/mol. The number of hydrogen-bond acceptors (Lipinski definition) is 5. The normalized spacial score (nSPS) is 21.3. The number of nitrogens with zero attached hydrogens (tertiary/aromatic N) is 3. The molecule has 0 saturated heterocycles. The van der Waals surface area contributed by atoms with Crippen molar-refractivity contribution in [2.24, 2.45) is 11.8 Å². The molecule has 2 aromatic carbocycles. The molecule has 5 rings (SSSR count). The molecule has 2 aliphatic rings. The van der Waals surface area contributed by atoms with Gasteiger partial charge in [0.05, 0.1) is 20.0 Å². The fourth-order valence-electron chi connectivity index (χ4n) is 7.14. The Kier molecular flexibility index (Phi) is 11.9. The number of alkyl carbamates (subject to hydrolysis) is 1. The zero-order valence-electron chi connectivity index (χ0n) is 28.4. The maximum absolute atomic E-state index is 14.3. The van der Waals surface area contributed by atoms with Gasteiger partial charge in [0.15, 0.2) is 0 Å². The number of carbonyl (C=O) groups is 2. The van der Waals surface area contributed by atoms with Crippen LogP contribution in [-0.4, -0.2) is 54.8 Å². The molecule has 1 aromatic heterocycles. The van der Waals surface area contributed by atoms with E-state index < -0.39 is 12.8 Å². The number of rotatable bonds is 12. The molecule has 1 heterocycles. The summed E-state index contributed by atoms with van der Waals surface area (Å²) >= 11 is 0. The summed E-state index contributed by atoms with van der Waals surface area (Å²) in [7, 11) is 1.71. The van der Waals surface area contributed by atoms with Crippen molar-refractivity contribution in [1.82, 2.24) is 15.1 Å². The molecule has 0 spiro atoms. The predicted octanol–water partition coefficient (Wildman–Crippen LogP) is 8.40. The van der Waals surface area contributed by atoms with Crippen LogP contribution in [0.4, 0.5) is 14.9 Å². The van der Waals surface area contributed by atoms with Crippen LogP contribution in [0.15, 0.2) is 54.9 Å². The van der Waals surface area contributed by atoms with E-state index in [9.17, 15) is 14.0 Å². The molecule has 254 valence electrons. The Bertz CT molecular complexity index is 1470. The second-order valence-corrected chi connectivity index (χ2v) is 13.6. The molecule has 2 saturated carbocycles. The van der Waals surface area contributed by atoms with Gasteiger partial charge in [-0.25, -0.2) is 4.79 Å². The van der Waals surface area contributed by atoms with Crippen LogP contribution in [0.2, 0.25) is 0 Å². The van der Waals surface area contributed by atoms with E-state index in [1.54, 1.807) is 7.11 Å². The third-order valence-corrected chi connectivity index (χ3v) is 9.94. The van der Waals surface area contributed by atoms with E-state index in [4.69, 9.17) is 9.47 Å². The fraction of sp³-hybridized carbons (Fsp3) is 0.553. The summed E-state index contributed by atoms with van der Waals surface area (Å²) in [5.41, 5.74) is 5.54. The molecule has 2 amide bonds. The Hall–Kier alpha value is -3.88. The third-order valence-electron chi connectivity index (χ3n) is 9.94. The molecule has 3 aromatic rings. The van der Waals surface area contributed by atoms with Crippen molar-refractivity contribution >= 4 is 17.7 Å². The van der Waals surface area contributed by atoms with Crippen LogP contribution in [0.5, 0.6) is 5.75 Å². The predicted molar refractivity (Wildman–Crippen MR) is 184 cm³/mol. The number of hydrogen-bond donors (Lipinski definition) is 1. The summed E-state index contributed by atoms with van der Waals surface area (Å²) in [6.45, 7) is 6.79. The van der Waals surface area contributed by atoms with Gasteiger partial charge in [-0.05, 0) is 125 Å². The first-order valence-electron chi connectivity index (χ1n) is 17.4. The quantitative estimate of drug-likeness (QED) is 0.200. The number of alkyl halides is 1. The monoisotopic (exact) mass is 646 g/mol. The average Bonchev–Trinajstić information content (AvgIpc) is 3.59. The maximum Gasteiger partial charge on any atom is 0.407 e. The Balaban J connectivity index is 1.28. The number of carbonyl (C=O) groups excluding carboxylic acids is 2. The lowest BCUT2D eigenvalue weighted by atomic mass is 9.78. The minimum Gasteiger partial charge on any atom is -0.496 e. The van der Waals surface area contributed by atoms with E-state index in [-0.39, 0.29) is 36.9 Å². The molecule has 2 aliphatic carbocycles. The lowest BCUT2D eigenvalue weighted by Gasteiger charge is -2.36. The van der Waals surface area contributed by atoms with E-state index in [0.717, 1.165) is 48.2 Å².